The molecule has 3 aromatic heterocycles. The summed E-state index contributed by atoms with van der Waals surface area (Å²) in [6, 6.07) is 17.5. The minimum absolute atomic E-state index is 0.379. The van der Waals surface area contributed by atoms with E-state index >= 15 is 0 Å². The number of anilines is 2. The second-order valence-electron chi connectivity index (χ2n) is 7.08. The number of hydrogen-bond donors (Lipinski definition) is 2. The van der Waals surface area contributed by atoms with Gasteiger partial charge in [-0.05, 0) is 78.9 Å². The molecule has 0 saturated heterocycles. The summed E-state index contributed by atoms with van der Waals surface area (Å²) in [6.07, 6.45) is 4.88. The van der Waals surface area contributed by atoms with Gasteiger partial charge in [0.1, 0.15) is 11.4 Å². The first-order valence-corrected chi connectivity index (χ1v) is 11.2. The Labute approximate surface area is 198 Å². The Morgan fingerprint density at radius 3 is 2.67 bits per heavy atom. The molecule has 5 rings (SSSR count). The van der Waals surface area contributed by atoms with Gasteiger partial charge in [0.25, 0.3) is 5.22 Å². The Hall–Kier alpha value is -3.89. The summed E-state index contributed by atoms with van der Waals surface area (Å²) >= 11 is 6.75. The number of nitrogens with zero attached hydrogens (tertiary/aromatic N) is 5. The fourth-order valence-corrected chi connectivity index (χ4v) is 4.12. The van der Waals surface area contributed by atoms with Crippen molar-refractivity contribution >= 4 is 51.4 Å². The van der Waals surface area contributed by atoms with E-state index in [1.165, 1.54) is 18.1 Å². The lowest BCUT2D eigenvalue weighted by atomic mass is 10.2. The highest BCUT2D eigenvalue weighted by molar-refractivity contribution is 7.99. The van der Waals surface area contributed by atoms with Crippen LogP contribution in [0.25, 0.3) is 22.4 Å². The standard InChI is InChI=1S/C23H17N7OS2/c1-14-4-2-6-16(10-14)27-22(32)28-17-7-8-19-18(11-17)21(26-13-25-19)33-23-30-29-20(31-23)15-5-3-9-24-12-15/h2-13H,1H3,(H2,27,28,32). The summed E-state index contributed by atoms with van der Waals surface area (Å²) in [5.41, 5.74) is 4.44. The highest BCUT2D eigenvalue weighted by Crippen LogP contribution is 2.33. The van der Waals surface area contributed by atoms with Crippen LogP contribution in [0.1, 0.15) is 5.56 Å². The molecule has 2 aromatic carbocycles. The highest BCUT2D eigenvalue weighted by atomic mass is 32.2. The number of rotatable bonds is 5. The Morgan fingerprint density at radius 1 is 0.970 bits per heavy atom. The predicted octanol–water partition coefficient (Wildman–Crippen LogP) is 5.34. The second-order valence-corrected chi connectivity index (χ2v) is 8.42. The van der Waals surface area contributed by atoms with Gasteiger partial charge >= 0.3 is 0 Å². The SMILES string of the molecule is Cc1cccc(NC(=S)Nc2ccc3ncnc(Sc4nnc(-c5cccnc5)o4)c3c2)c1. The van der Waals surface area contributed by atoms with Gasteiger partial charge in [-0.3, -0.25) is 4.98 Å². The van der Waals surface area contributed by atoms with Crippen LogP contribution in [-0.4, -0.2) is 30.3 Å². The van der Waals surface area contributed by atoms with Crippen molar-refractivity contribution in [2.75, 3.05) is 10.6 Å². The minimum Gasteiger partial charge on any atom is -0.411 e. The van der Waals surface area contributed by atoms with Crippen molar-refractivity contribution in [3.05, 3.63) is 78.9 Å². The quantitative estimate of drug-likeness (QED) is 0.258. The average Bonchev–Trinajstić information content (AvgIpc) is 3.29. The average molecular weight is 472 g/mol. The minimum atomic E-state index is 0.379. The molecule has 10 heteroatoms. The van der Waals surface area contributed by atoms with E-state index in [2.05, 4.69) is 35.8 Å². The van der Waals surface area contributed by atoms with Crippen LogP contribution in [0.15, 0.2) is 88.0 Å². The van der Waals surface area contributed by atoms with E-state index in [0.29, 0.717) is 21.3 Å². The van der Waals surface area contributed by atoms with Gasteiger partial charge in [0.15, 0.2) is 5.11 Å². The molecule has 0 amide bonds. The maximum Gasteiger partial charge on any atom is 0.283 e. The zero-order valence-corrected chi connectivity index (χ0v) is 19.0. The molecule has 8 nitrogen and oxygen atoms in total. The van der Waals surface area contributed by atoms with E-state index in [-0.39, 0.29) is 0 Å². The number of aromatic nitrogens is 5. The first kappa shape index (κ1) is 21.0. The summed E-state index contributed by atoms with van der Waals surface area (Å²) in [7, 11) is 0. The van der Waals surface area contributed by atoms with E-state index in [9.17, 15) is 0 Å². The third-order valence-corrected chi connectivity index (χ3v) is 5.69. The van der Waals surface area contributed by atoms with Crippen molar-refractivity contribution in [2.45, 2.75) is 17.2 Å². The van der Waals surface area contributed by atoms with E-state index in [1.54, 1.807) is 12.4 Å². The van der Waals surface area contributed by atoms with Gasteiger partial charge in [-0.2, -0.15) is 0 Å². The lowest BCUT2D eigenvalue weighted by Crippen LogP contribution is -2.19. The van der Waals surface area contributed by atoms with E-state index < -0.39 is 0 Å². The maximum absolute atomic E-state index is 5.79. The lowest BCUT2D eigenvalue weighted by Gasteiger charge is -2.12. The molecular weight excluding hydrogens is 454 g/mol. The van der Waals surface area contributed by atoms with Crippen molar-refractivity contribution in [3.8, 4) is 11.5 Å². The number of hydrogen-bond acceptors (Lipinski definition) is 8. The summed E-state index contributed by atoms with van der Waals surface area (Å²) in [5, 5.41) is 17.1. The smallest absolute Gasteiger partial charge is 0.283 e. The Bertz CT molecular complexity index is 1440. The van der Waals surface area contributed by atoms with Crippen LogP contribution in [0.2, 0.25) is 0 Å². The molecule has 2 N–H and O–H groups in total. The highest BCUT2D eigenvalue weighted by Gasteiger charge is 2.14. The van der Waals surface area contributed by atoms with E-state index in [4.69, 9.17) is 16.6 Å². The van der Waals surface area contributed by atoms with Gasteiger partial charge < -0.3 is 15.1 Å². The van der Waals surface area contributed by atoms with Gasteiger partial charge in [0, 0.05) is 29.2 Å². The molecule has 0 fully saturated rings. The molecule has 5 aromatic rings. The zero-order valence-electron chi connectivity index (χ0n) is 17.4. The van der Waals surface area contributed by atoms with Crippen molar-refractivity contribution in [2.24, 2.45) is 0 Å². The number of pyridine rings is 1. The van der Waals surface area contributed by atoms with Gasteiger partial charge in [-0.15, -0.1) is 10.2 Å². The summed E-state index contributed by atoms with van der Waals surface area (Å²) < 4.78 is 5.79. The number of aryl methyl sites for hydroxylation is 1. The Balaban J connectivity index is 1.36. The van der Waals surface area contributed by atoms with Crippen LogP contribution in [-0.2, 0) is 0 Å². The normalized spacial score (nSPS) is 10.8. The van der Waals surface area contributed by atoms with Crippen LogP contribution in [0.5, 0.6) is 0 Å². The maximum atomic E-state index is 5.79. The molecular formula is C23H17N7OS2. The summed E-state index contributed by atoms with van der Waals surface area (Å²) in [5.74, 6) is 0.402. The van der Waals surface area contributed by atoms with Gasteiger partial charge in [0.2, 0.25) is 5.89 Å². The van der Waals surface area contributed by atoms with Gasteiger partial charge in [0.05, 0.1) is 11.1 Å². The molecule has 0 aliphatic rings. The zero-order chi connectivity index (χ0) is 22.6. The summed E-state index contributed by atoms with van der Waals surface area (Å²) in [4.78, 5) is 12.9. The first-order valence-electron chi connectivity index (χ1n) is 9.95. The molecule has 0 aliphatic heterocycles. The second kappa shape index (κ2) is 9.31. The molecule has 33 heavy (non-hydrogen) atoms. The number of nitrogens with one attached hydrogen (secondary N) is 2. The van der Waals surface area contributed by atoms with E-state index in [0.717, 1.165) is 33.4 Å². The third kappa shape index (κ3) is 4.97. The third-order valence-electron chi connectivity index (χ3n) is 4.63. The van der Waals surface area contributed by atoms with Crippen molar-refractivity contribution in [1.82, 2.24) is 25.1 Å². The Morgan fingerprint density at radius 2 is 1.85 bits per heavy atom. The number of thiocarbonyl (C=S) groups is 1. The molecule has 162 valence electrons. The van der Waals surface area contributed by atoms with Crippen LogP contribution in [0.3, 0.4) is 0 Å². The molecule has 0 bridgehead atoms. The molecule has 0 aliphatic carbocycles. The van der Waals surface area contributed by atoms with Crippen molar-refractivity contribution in [1.29, 1.82) is 0 Å². The topological polar surface area (TPSA) is 102 Å². The van der Waals surface area contributed by atoms with Crippen LogP contribution in [0, 0.1) is 6.92 Å². The van der Waals surface area contributed by atoms with Gasteiger partial charge in [-0.25, -0.2) is 9.97 Å². The van der Waals surface area contributed by atoms with Gasteiger partial charge in [-0.1, -0.05) is 12.1 Å². The predicted molar refractivity (Wildman–Crippen MR) is 132 cm³/mol. The molecule has 0 saturated carbocycles. The number of fused-ring (bicyclic) bond motifs is 1. The van der Waals surface area contributed by atoms with Crippen molar-refractivity contribution in [3.63, 3.8) is 0 Å². The lowest BCUT2D eigenvalue weighted by molar-refractivity contribution is 0.465. The monoisotopic (exact) mass is 471 g/mol. The summed E-state index contributed by atoms with van der Waals surface area (Å²) in [6.45, 7) is 2.03. The van der Waals surface area contributed by atoms with Crippen molar-refractivity contribution < 1.29 is 4.42 Å². The molecule has 0 radical (unpaired) electrons. The number of benzene rings is 2. The van der Waals surface area contributed by atoms with E-state index in [1.807, 2.05) is 61.5 Å². The molecule has 0 unspecified atom stereocenters. The first-order chi connectivity index (χ1) is 16.1. The van der Waals surface area contributed by atoms with Crippen LogP contribution in [0.4, 0.5) is 11.4 Å². The molecule has 0 atom stereocenters. The molecule has 3 heterocycles. The van der Waals surface area contributed by atoms with Crippen LogP contribution >= 0.6 is 24.0 Å². The van der Waals surface area contributed by atoms with Crippen LogP contribution < -0.4 is 10.6 Å². The molecule has 0 spiro atoms. The fraction of sp³-hybridized carbons (Fsp3) is 0.0435. The fourth-order valence-electron chi connectivity index (χ4n) is 3.15. The largest absolute Gasteiger partial charge is 0.411 e. The Kier molecular flexibility index (Phi) is 5.92.